The summed E-state index contributed by atoms with van der Waals surface area (Å²) >= 11 is 0. The largest absolute Gasteiger partial charge is 0.297 e. The Morgan fingerprint density at radius 2 is 1.15 bits per heavy atom. The Bertz CT molecular complexity index is 925. The lowest BCUT2D eigenvalue weighted by Crippen LogP contribution is -2.68. The smallest absolute Gasteiger partial charge is 0.268 e. The SMILES string of the molecule is C[N+](C)=C1N(c2ccccc2)S(=O)C1(c1ccccc1)c1ccccc1. The van der Waals surface area contributed by atoms with Crippen LogP contribution in [-0.4, -0.2) is 28.7 Å². The van der Waals surface area contributed by atoms with E-state index in [2.05, 4.69) is 28.8 Å². The molecule has 1 atom stereocenters. The van der Waals surface area contributed by atoms with Crippen molar-refractivity contribution in [3.05, 3.63) is 102 Å². The maximum Gasteiger partial charge on any atom is 0.297 e. The van der Waals surface area contributed by atoms with Crippen LogP contribution in [-0.2, 0) is 15.7 Å². The second kappa shape index (κ2) is 6.54. The summed E-state index contributed by atoms with van der Waals surface area (Å²) in [6.07, 6.45) is 0. The molecule has 3 aromatic carbocycles. The van der Waals surface area contributed by atoms with Crippen molar-refractivity contribution >= 4 is 22.5 Å². The van der Waals surface area contributed by atoms with E-state index in [0.29, 0.717) is 0 Å². The average Bonchev–Trinajstić information content (AvgIpc) is 2.68. The number of rotatable bonds is 3. The second-order valence-electron chi connectivity index (χ2n) is 6.51. The van der Waals surface area contributed by atoms with Crippen molar-refractivity contribution < 1.29 is 8.78 Å². The number of benzene rings is 3. The quantitative estimate of drug-likeness (QED) is 0.651. The Morgan fingerprint density at radius 3 is 1.58 bits per heavy atom. The molecule has 3 nitrogen and oxygen atoms in total. The average molecular weight is 361 g/mol. The standard InChI is InChI=1S/C22H21N2OS/c1-23(2)21-22(18-12-6-3-7-13-18,19-14-8-4-9-15-19)26(25)24(21)20-16-10-5-11-17-20/h3-17H,1-2H3/q+1. The monoisotopic (exact) mass is 361 g/mol. The minimum Gasteiger partial charge on any atom is -0.268 e. The van der Waals surface area contributed by atoms with E-state index in [1.165, 1.54) is 0 Å². The number of hydrogen-bond acceptors (Lipinski definition) is 1. The van der Waals surface area contributed by atoms with Crippen molar-refractivity contribution in [1.29, 1.82) is 0 Å². The van der Waals surface area contributed by atoms with Crippen molar-refractivity contribution in [2.45, 2.75) is 4.75 Å². The number of hydrogen-bond donors (Lipinski definition) is 0. The summed E-state index contributed by atoms with van der Waals surface area (Å²) < 4.78 is 17.1. The summed E-state index contributed by atoms with van der Waals surface area (Å²) in [5.74, 6) is 1.01. The molecule has 0 spiro atoms. The van der Waals surface area contributed by atoms with Gasteiger partial charge < -0.3 is 0 Å². The third kappa shape index (κ3) is 2.33. The normalized spacial score (nSPS) is 18.3. The Labute approximate surface area is 156 Å². The van der Waals surface area contributed by atoms with Crippen molar-refractivity contribution in [3.8, 4) is 0 Å². The molecule has 0 saturated carbocycles. The third-order valence-corrected chi connectivity index (χ3v) is 6.60. The van der Waals surface area contributed by atoms with Crippen LogP contribution in [0.3, 0.4) is 0 Å². The highest BCUT2D eigenvalue weighted by Gasteiger charge is 2.68. The van der Waals surface area contributed by atoms with Gasteiger partial charge in [0.1, 0.15) is 5.69 Å². The first-order valence-electron chi connectivity index (χ1n) is 8.60. The van der Waals surface area contributed by atoms with Crippen LogP contribution in [0, 0.1) is 0 Å². The van der Waals surface area contributed by atoms with E-state index in [1.807, 2.05) is 85.1 Å². The molecule has 0 N–H and O–H groups in total. The topological polar surface area (TPSA) is 23.3 Å². The van der Waals surface area contributed by atoms with E-state index < -0.39 is 15.7 Å². The highest BCUT2D eigenvalue weighted by Crippen LogP contribution is 2.49. The molecule has 4 rings (SSSR count). The lowest BCUT2D eigenvalue weighted by molar-refractivity contribution is -0.467. The molecular formula is C22H21N2OS+. The number of nitrogens with zero attached hydrogens (tertiary/aromatic N) is 2. The van der Waals surface area contributed by atoms with Crippen LogP contribution in [0.5, 0.6) is 0 Å². The highest BCUT2D eigenvalue weighted by molar-refractivity contribution is 7.92. The lowest BCUT2D eigenvalue weighted by atomic mass is 9.88. The first kappa shape index (κ1) is 16.7. The van der Waals surface area contributed by atoms with Gasteiger partial charge in [-0.15, -0.1) is 4.31 Å². The zero-order chi connectivity index (χ0) is 18.1. The Morgan fingerprint density at radius 1 is 0.731 bits per heavy atom. The zero-order valence-electron chi connectivity index (χ0n) is 14.9. The molecule has 1 fully saturated rings. The van der Waals surface area contributed by atoms with Crippen LogP contribution in [0.1, 0.15) is 11.1 Å². The van der Waals surface area contributed by atoms with Gasteiger partial charge in [-0.1, -0.05) is 78.9 Å². The minimum atomic E-state index is -1.28. The third-order valence-electron chi connectivity index (χ3n) is 4.71. The number of para-hydroxylation sites is 1. The predicted octanol–water partition coefficient (Wildman–Crippen LogP) is 3.78. The Kier molecular flexibility index (Phi) is 4.21. The highest BCUT2D eigenvalue weighted by atomic mass is 32.2. The van der Waals surface area contributed by atoms with Crippen LogP contribution < -0.4 is 4.31 Å². The summed E-state index contributed by atoms with van der Waals surface area (Å²) in [7, 11) is 2.76. The summed E-state index contributed by atoms with van der Waals surface area (Å²) in [4.78, 5) is 0. The maximum absolute atomic E-state index is 13.8. The zero-order valence-corrected chi connectivity index (χ0v) is 15.7. The van der Waals surface area contributed by atoms with Gasteiger partial charge in [-0.3, -0.25) is 4.58 Å². The van der Waals surface area contributed by atoms with Crippen molar-refractivity contribution in [2.75, 3.05) is 18.4 Å². The molecule has 1 heterocycles. The van der Waals surface area contributed by atoms with Crippen LogP contribution in [0.25, 0.3) is 0 Å². The fourth-order valence-corrected chi connectivity index (χ4v) is 5.67. The molecule has 0 bridgehead atoms. The van der Waals surface area contributed by atoms with Gasteiger partial charge in [-0.05, 0) is 23.3 Å². The minimum absolute atomic E-state index is 0.679. The molecule has 0 amide bonds. The summed E-state index contributed by atoms with van der Waals surface area (Å²) in [5.41, 5.74) is 3.03. The molecule has 3 aromatic rings. The van der Waals surface area contributed by atoms with E-state index in [-0.39, 0.29) is 0 Å². The van der Waals surface area contributed by atoms with Gasteiger partial charge in [0.05, 0.1) is 14.1 Å². The van der Waals surface area contributed by atoms with Crippen molar-refractivity contribution in [3.63, 3.8) is 0 Å². The van der Waals surface area contributed by atoms with Gasteiger partial charge >= 0.3 is 0 Å². The van der Waals surface area contributed by atoms with Crippen LogP contribution in [0.15, 0.2) is 91.0 Å². The Balaban J connectivity index is 1.98. The molecule has 1 aliphatic heterocycles. The molecule has 0 aromatic heterocycles. The Hall–Kier alpha value is -2.72. The molecule has 130 valence electrons. The number of anilines is 1. The second-order valence-corrected chi connectivity index (χ2v) is 7.99. The van der Waals surface area contributed by atoms with E-state index in [9.17, 15) is 4.21 Å². The molecular weight excluding hydrogens is 340 g/mol. The molecule has 0 aliphatic carbocycles. The van der Waals surface area contributed by atoms with Gasteiger partial charge in [0.25, 0.3) is 5.84 Å². The van der Waals surface area contributed by atoms with Gasteiger partial charge in [-0.2, -0.15) is 0 Å². The van der Waals surface area contributed by atoms with E-state index in [0.717, 1.165) is 22.6 Å². The van der Waals surface area contributed by atoms with Gasteiger partial charge in [-0.25, -0.2) is 4.21 Å². The van der Waals surface area contributed by atoms with Crippen LogP contribution in [0.4, 0.5) is 5.69 Å². The number of amidine groups is 1. The van der Waals surface area contributed by atoms with E-state index >= 15 is 0 Å². The van der Waals surface area contributed by atoms with Gasteiger partial charge in [0.15, 0.2) is 0 Å². The van der Waals surface area contributed by atoms with Crippen LogP contribution >= 0.6 is 0 Å². The fourth-order valence-electron chi connectivity index (χ4n) is 3.65. The van der Waals surface area contributed by atoms with E-state index in [1.54, 1.807) is 0 Å². The predicted molar refractivity (Wildman–Crippen MR) is 108 cm³/mol. The molecule has 1 saturated heterocycles. The maximum atomic E-state index is 13.8. The molecule has 1 unspecified atom stereocenters. The summed E-state index contributed by atoms with van der Waals surface area (Å²) in [6, 6.07) is 30.2. The summed E-state index contributed by atoms with van der Waals surface area (Å²) in [5, 5.41) is 0. The first-order valence-corrected chi connectivity index (χ1v) is 9.71. The molecule has 26 heavy (non-hydrogen) atoms. The van der Waals surface area contributed by atoms with Crippen molar-refractivity contribution in [1.82, 2.24) is 0 Å². The summed E-state index contributed by atoms with van der Waals surface area (Å²) in [6.45, 7) is 0. The van der Waals surface area contributed by atoms with Crippen LogP contribution in [0.2, 0.25) is 0 Å². The van der Waals surface area contributed by atoms with Gasteiger partial charge in [0, 0.05) is 0 Å². The first-order chi connectivity index (χ1) is 12.7. The molecule has 4 heteroatoms. The van der Waals surface area contributed by atoms with Gasteiger partial charge in [0.2, 0.25) is 15.7 Å². The van der Waals surface area contributed by atoms with Crippen molar-refractivity contribution in [2.24, 2.45) is 0 Å². The molecule has 0 radical (unpaired) electrons. The molecule has 1 aliphatic rings. The van der Waals surface area contributed by atoms with E-state index in [4.69, 9.17) is 0 Å². The lowest BCUT2D eigenvalue weighted by Gasteiger charge is -2.44. The fraction of sp³-hybridized carbons (Fsp3) is 0.136.